The van der Waals surface area contributed by atoms with Crippen LogP contribution in [0.2, 0.25) is 0 Å². The van der Waals surface area contributed by atoms with E-state index in [2.05, 4.69) is 15.3 Å². The van der Waals surface area contributed by atoms with Crippen molar-refractivity contribution in [1.29, 1.82) is 0 Å². The van der Waals surface area contributed by atoms with E-state index in [1.54, 1.807) is 18.3 Å². The molecule has 1 aliphatic heterocycles. The molecular weight excluding hydrogens is 599 g/mol. The number of benzene rings is 4. The first kappa shape index (κ1) is 28.0. The molecule has 1 saturated heterocycles. The highest BCUT2D eigenvalue weighted by atomic mass is 32.2. The van der Waals surface area contributed by atoms with E-state index < -0.39 is 0 Å². The fourth-order valence-corrected chi connectivity index (χ4v) is 7.05. The van der Waals surface area contributed by atoms with Crippen molar-refractivity contribution in [3.8, 4) is 0 Å². The normalized spacial score (nSPS) is 13.8. The lowest BCUT2D eigenvalue weighted by molar-refractivity contribution is -0.384. The van der Waals surface area contributed by atoms with Gasteiger partial charge in [0.2, 0.25) is 5.91 Å². The predicted molar refractivity (Wildman–Crippen MR) is 176 cm³/mol. The highest BCUT2D eigenvalue weighted by molar-refractivity contribution is 8.01. The average Bonchev–Trinajstić information content (AvgIpc) is 3.63. The van der Waals surface area contributed by atoms with Gasteiger partial charge in [0.05, 0.1) is 39.8 Å². The zero-order valence-corrected chi connectivity index (χ0v) is 24.9. The smallest absolute Gasteiger partial charge is 0.293 e. The van der Waals surface area contributed by atoms with Crippen molar-refractivity contribution in [1.82, 2.24) is 4.98 Å². The molecule has 7 rings (SSSR count). The molecular formula is C32H25N5O5S2. The number of rotatable bonds is 8. The molecule has 10 nitrogen and oxygen atoms in total. The fourth-order valence-electron chi connectivity index (χ4n) is 5.15. The van der Waals surface area contributed by atoms with Gasteiger partial charge in [0.25, 0.3) is 5.69 Å². The molecule has 1 amide bonds. The van der Waals surface area contributed by atoms with E-state index in [0.717, 1.165) is 36.5 Å². The van der Waals surface area contributed by atoms with Crippen LogP contribution in [0.1, 0.15) is 5.56 Å². The van der Waals surface area contributed by atoms with Gasteiger partial charge in [-0.05, 0) is 48.0 Å². The molecule has 1 N–H and O–H groups in total. The lowest BCUT2D eigenvalue weighted by Gasteiger charge is -2.28. The number of nitro benzene ring substituents is 1. The summed E-state index contributed by atoms with van der Waals surface area (Å²) in [5.74, 6) is 0.0751. The molecule has 1 aliphatic rings. The Morgan fingerprint density at radius 2 is 1.89 bits per heavy atom. The summed E-state index contributed by atoms with van der Waals surface area (Å²) in [5.41, 5.74) is 5.02. The zero-order chi connectivity index (χ0) is 30.0. The van der Waals surface area contributed by atoms with E-state index in [9.17, 15) is 14.9 Å². The third-order valence-corrected chi connectivity index (χ3v) is 9.41. The molecule has 0 atom stereocenters. The number of aliphatic imine (C=N–C) groups is 1. The third kappa shape index (κ3) is 5.87. The maximum Gasteiger partial charge on any atom is 0.293 e. The number of thiazole rings is 1. The first-order valence-electron chi connectivity index (χ1n) is 13.9. The van der Waals surface area contributed by atoms with Crippen LogP contribution in [0.4, 0.5) is 22.7 Å². The topological polar surface area (TPSA) is 123 Å². The first-order valence-corrected chi connectivity index (χ1v) is 15.7. The Labute approximate surface area is 259 Å². The van der Waals surface area contributed by atoms with Crippen LogP contribution in [0.5, 0.6) is 0 Å². The number of amides is 1. The Hall–Kier alpha value is -4.78. The molecule has 0 radical (unpaired) electrons. The minimum absolute atomic E-state index is 0.0505. The van der Waals surface area contributed by atoms with Gasteiger partial charge >= 0.3 is 0 Å². The summed E-state index contributed by atoms with van der Waals surface area (Å²) in [5, 5.41) is 16.8. The molecule has 0 spiro atoms. The van der Waals surface area contributed by atoms with Gasteiger partial charge in [-0.1, -0.05) is 36.0 Å². The number of nitrogens with one attached hydrogen (secondary N) is 1. The summed E-state index contributed by atoms with van der Waals surface area (Å²) >= 11 is 2.86. The van der Waals surface area contributed by atoms with Gasteiger partial charge in [0, 0.05) is 47.9 Å². The van der Waals surface area contributed by atoms with Crippen LogP contribution in [0.3, 0.4) is 0 Å². The molecule has 0 bridgehead atoms. The van der Waals surface area contributed by atoms with E-state index in [1.807, 2.05) is 71.6 Å². The van der Waals surface area contributed by atoms with Crippen LogP contribution in [-0.4, -0.2) is 54.1 Å². The molecule has 44 heavy (non-hydrogen) atoms. The third-order valence-electron chi connectivity index (χ3n) is 7.25. The van der Waals surface area contributed by atoms with E-state index in [-0.39, 0.29) is 22.3 Å². The minimum Gasteiger partial charge on any atom is -0.456 e. The summed E-state index contributed by atoms with van der Waals surface area (Å²) in [6, 6.07) is 24.3. The van der Waals surface area contributed by atoms with Crippen LogP contribution in [-0.2, 0) is 9.53 Å². The first-order chi connectivity index (χ1) is 21.5. The summed E-state index contributed by atoms with van der Waals surface area (Å²) in [4.78, 5) is 35.3. The Balaban J connectivity index is 1.00. The lowest BCUT2D eigenvalue weighted by Crippen LogP contribution is -2.36. The Morgan fingerprint density at radius 3 is 2.75 bits per heavy atom. The van der Waals surface area contributed by atoms with E-state index in [4.69, 9.17) is 9.15 Å². The number of anilines is 2. The molecule has 0 aliphatic carbocycles. The van der Waals surface area contributed by atoms with Gasteiger partial charge in [-0.25, -0.2) is 4.98 Å². The van der Waals surface area contributed by atoms with Crippen molar-refractivity contribution in [3.05, 3.63) is 94.5 Å². The van der Waals surface area contributed by atoms with Crippen LogP contribution in [0.15, 0.2) is 92.6 Å². The van der Waals surface area contributed by atoms with Crippen molar-refractivity contribution in [2.45, 2.75) is 4.34 Å². The Morgan fingerprint density at radius 1 is 1.05 bits per heavy atom. The van der Waals surface area contributed by atoms with E-state index >= 15 is 0 Å². The van der Waals surface area contributed by atoms with Gasteiger partial charge in [-0.3, -0.25) is 19.9 Å². The largest absolute Gasteiger partial charge is 0.456 e. The fraction of sp³-hybridized carbons (Fsp3) is 0.156. The zero-order valence-electron chi connectivity index (χ0n) is 23.3. The maximum atomic E-state index is 12.7. The number of aromatic nitrogens is 1. The molecule has 1 fully saturated rings. The number of carbonyl (C=O) groups excluding carboxylic acids is 1. The number of hydrogen-bond donors (Lipinski definition) is 1. The number of thioether (sulfide) groups is 1. The van der Waals surface area contributed by atoms with E-state index in [0.29, 0.717) is 48.9 Å². The molecule has 4 aromatic carbocycles. The predicted octanol–water partition coefficient (Wildman–Crippen LogP) is 7.42. The SMILES string of the molecule is O=C(CSc1nc2ccc(N=Cc3ccc(N4CCOCC4)c([N+](=O)[O-])c3)cc2s1)Nc1ccc2c(c1)oc1ccccc12. The van der Waals surface area contributed by atoms with Gasteiger partial charge in [-0.15, -0.1) is 11.3 Å². The van der Waals surface area contributed by atoms with Crippen LogP contribution < -0.4 is 10.2 Å². The molecule has 12 heteroatoms. The number of ether oxygens (including phenoxy) is 1. The number of fused-ring (bicyclic) bond motifs is 4. The second-order valence-corrected chi connectivity index (χ2v) is 12.4. The monoisotopic (exact) mass is 623 g/mol. The summed E-state index contributed by atoms with van der Waals surface area (Å²) < 4.78 is 13.0. The van der Waals surface area contributed by atoms with Crippen molar-refractivity contribution < 1.29 is 18.9 Å². The van der Waals surface area contributed by atoms with Crippen molar-refractivity contribution in [2.24, 2.45) is 4.99 Å². The van der Waals surface area contributed by atoms with Crippen LogP contribution in [0, 0.1) is 10.1 Å². The highest BCUT2D eigenvalue weighted by Gasteiger charge is 2.21. The molecule has 2 aromatic heterocycles. The Bertz CT molecular complexity index is 2070. The number of morpholine rings is 1. The minimum atomic E-state index is -0.357. The molecule has 6 aromatic rings. The molecule has 0 saturated carbocycles. The second-order valence-electron chi connectivity index (χ2n) is 10.1. The average molecular weight is 624 g/mol. The highest BCUT2D eigenvalue weighted by Crippen LogP contribution is 2.34. The van der Waals surface area contributed by atoms with Crippen LogP contribution >= 0.6 is 23.1 Å². The number of nitrogens with zero attached hydrogens (tertiary/aromatic N) is 4. The Kier molecular flexibility index (Phi) is 7.69. The number of nitro groups is 1. The lowest BCUT2D eigenvalue weighted by atomic mass is 10.1. The number of carbonyl (C=O) groups is 1. The molecule has 220 valence electrons. The van der Waals surface area contributed by atoms with Gasteiger partial charge < -0.3 is 19.4 Å². The van der Waals surface area contributed by atoms with Gasteiger partial charge in [-0.2, -0.15) is 0 Å². The van der Waals surface area contributed by atoms with Crippen molar-refractivity contribution >= 4 is 90.1 Å². The summed E-state index contributed by atoms with van der Waals surface area (Å²) in [7, 11) is 0. The number of hydrogen-bond acceptors (Lipinski definition) is 10. The maximum absolute atomic E-state index is 12.7. The van der Waals surface area contributed by atoms with Gasteiger partial charge in [0.1, 0.15) is 16.9 Å². The number of furan rings is 1. The molecule has 3 heterocycles. The molecule has 0 unspecified atom stereocenters. The van der Waals surface area contributed by atoms with Crippen molar-refractivity contribution in [2.75, 3.05) is 42.3 Å². The summed E-state index contributed by atoms with van der Waals surface area (Å²) in [6.07, 6.45) is 1.63. The van der Waals surface area contributed by atoms with Crippen LogP contribution in [0.25, 0.3) is 32.2 Å². The second kappa shape index (κ2) is 12.1. The standard InChI is InChI=1S/C32H25N5O5S2/c38-31(34-22-6-8-24-23-3-1-2-4-28(23)42-29(24)16-22)19-43-32-35-25-9-7-21(17-30(25)44-32)33-18-20-5-10-26(27(15-20)37(39)40)36-11-13-41-14-12-36/h1-10,15-18H,11-14,19H2,(H,34,38). The summed E-state index contributed by atoms with van der Waals surface area (Å²) in [6.45, 7) is 2.34. The van der Waals surface area contributed by atoms with Gasteiger partial charge in [0.15, 0.2) is 4.34 Å². The quantitative estimate of drug-likeness (QED) is 0.0804. The van der Waals surface area contributed by atoms with Crippen molar-refractivity contribution in [3.63, 3.8) is 0 Å². The number of para-hydroxylation sites is 1. The van der Waals surface area contributed by atoms with E-state index in [1.165, 1.54) is 23.1 Å².